The summed E-state index contributed by atoms with van der Waals surface area (Å²) in [6.07, 6.45) is 5.11. The number of rotatable bonds is 4. The molecule has 1 aromatic carbocycles. The molecule has 0 saturated carbocycles. The Labute approximate surface area is 165 Å². The highest BCUT2D eigenvalue weighted by Gasteiger charge is 2.18. The number of pyridine rings is 1. The first kappa shape index (κ1) is 17.9. The molecule has 0 aliphatic heterocycles. The zero-order valence-corrected chi connectivity index (χ0v) is 15.7. The van der Waals surface area contributed by atoms with Gasteiger partial charge in [0.1, 0.15) is 0 Å². The van der Waals surface area contributed by atoms with E-state index < -0.39 is 5.91 Å². The molecule has 4 rings (SSSR count). The van der Waals surface area contributed by atoms with E-state index in [1.54, 1.807) is 18.6 Å². The van der Waals surface area contributed by atoms with Crippen molar-refractivity contribution in [3.8, 4) is 5.82 Å². The average Bonchev–Trinajstić information content (AvgIpc) is 3.13. The summed E-state index contributed by atoms with van der Waals surface area (Å²) in [5.74, 6) is -0.230. The maximum Gasteiger partial charge on any atom is 0.274 e. The maximum absolute atomic E-state index is 12.6. The molecule has 0 saturated heterocycles. The van der Waals surface area contributed by atoms with Crippen LogP contribution in [-0.2, 0) is 6.54 Å². The van der Waals surface area contributed by atoms with Gasteiger partial charge in [0.2, 0.25) is 0 Å². The average molecular weight is 394 g/mol. The van der Waals surface area contributed by atoms with Crippen molar-refractivity contribution < 1.29 is 4.79 Å². The zero-order valence-electron chi connectivity index (χ0n) is 14.9. The van der Waals surface area contributed by atoms with Crippen LogP contribution in [0.1, 0.15) is 21.6 Å². The number of nitrogen functional groups attached to an aromatic ring is 1. The summed E-state index contributed by atoms with van der Waals surface area (Å²) in [6, 6.07) is 9.61. The van der Waals surface area contributed by atoms with Crippen LogP contribution in [0, 0.1) is 6.92 Å². The van der Waals surface area contributed by atoms with Crippen molar-refractivity contribution in [1.82, 2.24) is 30.0 Å². The molecule has 9 heteroatoms. The highest BCUT2D eigenvalue weighted by atomic mass is 35.5. The number of aromatic nitrogens is 5. The molecule has 0 spiro atoms. The molecule has 3 aromatic heterocycles. The molecule has 0 fully saturated rings. The summed E-state index contributed by atoms with van der Waals surface area (Å²) in [7, 11) is 0. The molecule has 0 radical (unpaired) electrons. The third kappa shape index (κ3) is 3.37. The number of carbonyl (C=O) groups is 1. The van der Waals surface area contributed by atoms with Crippen molar-refractivity contribution >= 4 is 34.2 Å². The van der Waals surface area contributed by atoms with Crippen LogP contribution in [0.15, 0.2) is 48.9 Å². The van der Waals surface area contributed by atoms with E-state index in [9.17, 15) is 4.79 Å². The summed E-state index contributed by atoms with van der Waals surface area (Å²) in [5.41, 5.74) is 8.55. The van der Waals surface area contributed by atoms with E-state index in [0.29, 0.717) is 0 Å². The van der Waals surface area contributed by atoms with E-state index in [4.69, 9.17) is 17.3 Å². The fourth-order valence-corrected chi connectivity index (χ4v) is 3.04. The second kappa shape index (κ2) is 7.24. The monoisotopic (exact) mass is 393 g/mol. The van der Waals surface area contributed by atoms with Gasteiger partial charge in [-0.25, -0.2) is 14.6 Å². The van der Waals surface area contributed by atoms with Gasteiger partial charge in [-0.05, 0) is 24.1 Å². The Morgan fingerprint density at radius 2 is 2.07 bits per heavy atom. The van der Waals surface area contributed by atoms with E-state index in [-0.39, 0.29) is 29.0 Å². The lowest BCUT2D eigenvalue weighted by molar-refractivity contribution is 0.0946. The molecule has 140 valence electrons. The van der Waals surface area contributed by atoms with Crippen molar-refractivity contribution in [1.29, 1.82) is 0 Å². The highest BCUT2D eigenvalue weighted by molar-refractivity contribution is 6.31. The Balaban J connectivity index is 1.57. The van der Waals surface area contributed by atoms with Crippen molar-refractivity contribution in [3.63, 3.8) is 0 Å². The normalized spacial score (nSPS) is 10.9. The van der Waals surface area contributed by atoms with Crippen LogP contribution in [0.2, 0.25) is 5.15 Å². The Bertz CT molecular complexity index is 1180. The Morgan fingerprint density at radius 3 is 2.86 bits per heavy atom. The zero-order chi connectivity index (χ0) is 19.7. The number of amides is 1. The van der Waals surface area contributed by atoms with Crippen LogP contribution in [0.4, 0.5) is 5.82 Å². The van der Waals surface area contributed by atoms with E-state index in [1.165, 1.54) is 4.68 Å². The Kier molecular flexibility index (Phi) is 4.62. The number of nitrogens with one attached hydrogen (secondary N) is 1. The van der Waals surface area contributed by atoms with Crippen LogP contribution >= 0.6 is 11.6 Å². The van der Waals surface area contributed by atoms with Crippen LogP contribution in [0.5, 0.6) is 0 Å². The minimum atomic E-state index is -0.469. The predicted octanol–water partition coefficient (Wildman–Crippen LogP) is 2.68. The molecule has 0 bridgehead atoms. The molecule has 0 aliphatic carbocycles. The lowest BCUT2D eigenvalue weighted by Gasteiger charge is -2.10. The first-order valence-corrected chi connectivity index (χ1v) is 8.86. The maximum atomic E-state index is 12.6. The lowest BCUT2D eigenvalue weighted by Crippen LogP contribution is -2.26. The van der Waals surface area contributed by atoms with Gasteiger partial charge in [0.25, 0.3) is 5.91 Å². The topological polar surface area (TPSA) is 112 Å². The molecule has 3 heterocycles. The Hall–Kier alpha value is -3.52. The number of fused-ring (bicyclic) bond motifs is 1. The third-order valence-corrected chi connectivity index (χ3v) is 4.42. The van der Waals surface area contributed by atoms with Crippen molar-refractivity contribution in [3.05, 3.63) is 70.9 Å². The third-order valence-electron chi connectivity index (χ3n) is 4.16. The standard InChI is InChI=1S/C19H16ClN7O/c1-11-8-24-27(10-11)18-16(20)25-15(17(21)26-18)19(28)23-9-13-5-2-4-12-6-3-7-22-14(12)13/h2-8,10H,9H2,1H3,(H2,21,26)(H,23,28). The number of hydrogen-bond acceptors (Lipinski definition) is 6. The van der Waals surface area contributed by atoms with Gasteiger partial charge in [-0.3, -0.25) is 9.78 Å². The van der Waals surface area contributed by atoms with E-state index in [1.807, 2.05) is 37.3 Å². The summed E-state index contributed by atoms with van der Waals surface area (Å²) in [4.78, 5) is 25.3. The number of benzene rings is 1. The minimum Gasteiger partial charge on any atom is -0.382 e. The predicted molar refractivity (Wildman–Crippen MR) is 106 cm³/mol. The van der Waals surface area contributed by atoms with Gasteiger partial charge in [0, 0.05) is 24.3 Å². The fraction of sp³-hybridized carbons (Fsp3) is 0.105. The largest absolute Gasteiger partial charge is 0.382 e. The summed E-state index contributed by atoms with van der Waals surface area (Å²) in [6.45, 7) is 2.16. The van der Waals surface area contributed by atoms with E-state index >= 15 is 0 Å². The van der Waals surface area contributed by atoms with Gasteiger partial charge < -0.3 is 11.1 Å². The van der Waals surface area contributed by atoms with Gasteiger partial charge in [0.15, 0.2) is 22.5 Å². The molecule has 3 N–H and O–H groups in total. The minimum absolute atomic E-state index is 0.0268. The number of halogens is 1. The SMILES string of the molecule is Cc1cnn(-c2nc(N)c(C(=O)NCc3cccc4cccnc34)nc2Cl)c1. The quantitative estimate of drug-likeness (QED) is 0.551. The molecule has 28 heavy (non-hydrogen) atoms. The van der Waals surface area contributed by atoms with Crippen molar-refractivity contribution in [2.45, 2.75) is 13.5 Å². The summed E-state index contributed by atoms with van der Waals surface area (Å²) in [5, 5.41) is 7.96. The molecule has 4 aromatic rings. The lowest BCUT2D eigenvalue weighted by atomic mass is 10.1. The number of carbonyl (C=O) groups excluding carboxylic acids is 1. The second-order valence-corrected chi connectivity index (χ2v) is 6.57. The highest BCUT2D eigenvalue weighted by Crippen LogP contribution is 2.20. The van der Waals surface area contributed by atoms with Gasteiger partial charge in [-0.1, -0.05) is 35.9 Å². The van der Waals surface area contributed by atoms with Crippen LogP contribution in [0.25, 0.3) is 16.7 Å². The number of nitrogens with two attached hydrogens (primary N) is 1. The van der Waals surface area contributed by atoms with Crippen molar-refractivity contribution in [2.75, 3.05) is 5.73 Å². The second-order valence-electron chi connectivity index (χ2n) is 6.21. The molecular formula is C19H16ClN7O. The number of aryl methyl sites for hydroxylation is 1. The van der Waals surface area contributed by atoms with Crippen LogP contribution in [-0.4, -0.2) is 30.6 Å². The van der Waals surface area contributed by atoms with Gasteiger partial charge >= 0.3 is 0 Å². The first-order valence-electron chi connectivity index (χ1n) is 8.48. The van der Waals surface area contributed by atoms with Gasteiger partial charge in [-0.15, -0.1) is 0 Å². The van der Waals surface area contributed by atoms with Crippen molar-refractivity contribution in [2.24, 2.45) is 0 Å². The number of anilines is 1. The molecule has 8 nitrogen and oxygen atoms in total. The Morgan fingerprint density at radius 1 is 1.25 bits per heavy atom. The number of para-hydroxylation sites is 1. The van der Waals surface area contributed by atoms with E-state index in [0.717, 1.165) is 22.0 Å². The molecule has 0 atom stereocenters. The van der Waals surface area contributed by atoms with Gasteiger partial charge in [0.05, 0.1) is 11.7 Å². The van der Waals surface area contributed by atoms with Crippen LogP contribution in [0.3, 0.4) is 0 Å². The summed E-state index contributed by atoms with van der Waals surface area (Å²) < 4.78 is 1.46. The number of nitrogens with zero attached hydrogens (tertiary/aromatic N) is 5. The van der Waals surface area contributed by atoms with E-state index in [2.05, 4.69) is 25.4 Å². The van der Waals surface area contributed by atoms with Gasteiger partial charge in [-0.2, -0.15) is 5.10 Å². The summed E-state index contributed by atoms with van der Waals surface area (Å²) >= 11 is 6.20. The molecule has 0 unspecified atom stereocenters. The molecule has 0 aliphatic rings. The first-order chi connectivity index (χ1) is 13.5. The fourth-order valence-electron chi connectivity index (χ4n) is 2.83. The molecule has 1 amide bonds. The number of hydrogen-bond donors (Lipinski definition) is 2. The molecular weight excluding hydrogens is 378 g/mol. The smallest absolute Gasteiger partial charge is 0.274 e. The van der Waals surface area contributed by atoms with Crippen LogP contribution < -0.4 is 11.1 Å².